The Balaban J connectivity index is 3.10. The summed E-state index contributed by atoms with van der Waals surface area (Å²) >= 11 is 3.41. The number of halogens is 1. The van der Waals surface area contributed by atoms with E-state index in [4.69, 9.17) is 5.26 Å². The zero-order valence-electron chi connectivity index (χ0n) is 6.58. The second-order valence-electron chi connectivity index (χ2n) is 2.73. The van der Waals surface area contributed by atoms with Gasteiger partial charge in [-0.15, -0.1) is 0 Å². The van der Waals surface area contributed by atoms with Crippen LogP contribution in [0.5, 0.6) is 0 Å². The van der Waals surface area contributed by atoms with Gasteiger partial charge in [-0.1, -0.05) is 28.1 Å². The molecular formula is C9H8BrNO. The fraction of sp³-hybridized carbons (Fsp3) is 0.222. The molecule has 62 valence electrons. The molecule has 2 nitrogen and oxygen atoms in total. The highest BCUT2D eigenvalue weighted by molar-refractivity contribution is 9.10. The Hall–Kier alpha value is -1.01. The van der Waals surface area contributed by atoms with Crippen LogP contribution in [-0.2, 0) is 0 Å². The molecule has 0 bridgehead atoms. The second-order valence-corrected chi connectivity index (χ2v) is 4.44. The first kappa shape index (κ1) is 9.08. The lowest BCUT2D eigenvalue weighted by molar-refractivity contribution is 0.429. The van der Waals surface area contributed by atoms with E-state index in [-0.39, 0.29) is 15.7 Å². The topological polar surface area (TPSA) is 44.0 Å². The SMILES string of the molecule is CC1(Br)C=CC(O)=C(C#N)C=C1. The predicted octanol–water partition coefficient (Wildman–Crippen LogP) is 2.60. The number of alkyl halides is 1. The minimum atomic E-state index is -0.278. The lowest BCUT2D eigenvalue weighted by Gasteiger charge is -2.09. The number of aliphatic hydroxyl groups excluding tert-OH is 1. The number of hydrogen-bond acceptors (Lipinski definition) is 2. The van der Waals surface area contributed by atoms with Gasteiger partial charge in [0.25, 0.3) is 0 Å². The van der Waals surface area contributed by atoms with E-state index in [1.165, 1.54) is 6.08 Å². The van der Waals surface area contributed by atoms with Crippen molar-refractivity contribution in [3.05, 3.63) is 35.6 Å². The van der Waals surface area contributed by atoms with Crippen LogP contribution in [0.15, 0.2) is 35.6 Å². The third kappa shape index (κ3) is 1.99. The molecule has 1 N–H and O–H groups in total. The minimum Gasteiger partial charge on any atom is -0.507 e. The minimum absolute atomic E-state index is 0.0110. The van der Waals surface area contributed by atoms with Crippen LogP contribution in [-0.4, -0.2) is 9.43 Å². The van der Waals surface area contributed by atoms with Crippen molar-refractivity contribution >= 4 is 15.9 Å². The first-order valence-corrected chi connectivity index (χ1v) is 4.25. The normalized spacial score (nSPS) is 28.4. The molecule has 1 atom stereocenters. The monoisotopic (exact) mass is 225 g/mol. The predicted molar refractivity (Wildman–Crippen MR) is 50.9 cm³/mol. The van der Waals surface area contributed by atoms with E-state index < -0.39 is 0 Å². The average Bonchev–Trinajstić information content (AvgIpc) is 2.13. The molecule has 0 amide bonds. The van der Waals surface area contributed by atoms with Crippen molar-refractivity contribution in [1.29, 1.82) is 5.26 Å². The fourth-order valence-electron chi connectivity index (χ4n) is 0.813. The van der Waals surface area contributed by atoms with Crippen LogP contribution in [0.3, 0.4) is 0 Å². The molecule has 1 aliphatic carbocycles. The summed E-state index contributed by atoms with van der Waals surface area (Å²) in [5.41, 5.74) is 0.287. The smallest absolute Gasteiger partial charge is 0.133 e. The molecular weight excluding hydrogens is 218 g/mol. The Kier molecular flexibility index (Phi) is 2.39. The van der Waals surface area contributed by atoms with Crippen molar-refractivity contribution < 1.29 is 5.11 Å². The molecule has 3 heteroatoms. The maximum Gasteiger partial charge on any atom is 0.133 e. The molecule has 0 spiro atoms. The number of nitriles is 1. The van der Waals surface area contributed by atoms with Crippen molar-refractivity contribution in [3.8, 4) is 6.07 Å². The van der Waals surface area contributed by atoms with E-state index in [2.05, 4.69) is 15.9 Å². The Bertz CT molecular complexity index is 318. The van der Waals surface area contributed by atoms with Crippen molar-refractivity contribution in [2.24, 2.45) is 0 Å². The fourth-order valence-corrected chi connectivity index (χ4v) is 1.08. The highest BCUT2D eigenvalue weighted by atomic mass is 79.9. The zero-order valence-corrected chi connectivity index (χ0v) is 8.17. The summed E-state index contributed by atoms with van der Waals surface area (Å²) in [5.74, 6) is 0.0110. The van der Waals surface area contributed by atoms with Gasteiger partial charge in [-0.3, -0.25) is 0 Å². The van der Waals surface area contributed by atoms with Crippen LogP contribution in [0.2, 0.25) is 0 Å². The van der Waals surface area contributed by atoms with Crippen molar-refractivity contribution in [2.75, 3.05) is 0 Å². The van der Waals surface area contributed by atoms with Crippen LogP contribution in [0.4, 0.5) is 0 Å². The van der Waals surface area contributed by atoms with Gasteiger partial charge >= 0.3 is 0 Å². The number of rotatable bonds is 0. The Morgan fingerprint density at radius 1 is 1.50 bits per heavy atom. The molecule has 0 aromatic rings. The van der Waals surface area contributed by atoms with Gasteiger partial charge in [0, 0.05) is 0 Å². The van der Waals surface area contributed by atoms with Crippen molar-refractivity contribution in [1.82, 2.24) is 0 Å². The van der Waals surface area contributed by atoms with Gasteiger partial charge in [0.2, 0.25) is 0 Å². The third-order valence-corrected chi connectivity index (χ3v) is 2.07. The van der Waals surface area contributed by atoms with E-state index in [0.717, 1.165) is 0 Å². The Labute approximate surface area is 79.6 Å². The summed E-state index contributed by atoms with van der Waals surface area (Å²) in [6.07, 6.45) is 6.71. The molecule has 0 aromatic carbocycles. The van der Waals surface area contributed by atoms with Gasteiger partial charge in [0.1, 0.15) is 11.8 Å². The number of allylic oxidation sites excluding steroid dienone is 5. The molecule has 1 rings (SSSR count). The van der Waals surface area contributed by atoms with Crippen molar-refractivity contribution in [3.63, 3.8) is 0 Å². The molecule has 0 saturated heterocycles. The van der Waals surface area contributed by atoms with Gasteiger partial charge in [-0.2, -0.15) is 5.26 Å². The van der Waals surface area contributed by atoms with Crippen LogP contribution in [0, 0.1) is 11.3 Å². The molecule has 1 aliphatic rings. The van der Waals surface area contributed by atoms with Gasteiger partial charge in [-0.25, -0.2) is 0 Å². The standard InChI is InChI=1S/C9H8BrNO/c1-9(10)4-2-7(6-11)8(12)3-5-9/h2-5,12H,1H3. The van der Waals surface area contributed by atoms with Crippen LogP contribution < -0.4 is 0 Å². The summed E-state index contributed by atoms with van der Waals surface area (Å²) in [6.45, 7) is 1.92. The molecule has 0 saturated carbocycles. The number of nitrogens with zero attached hydrogens (tertiary/aromatic N) is 1. The van der Waals surface area contributed by atoms with Gasteiger partial charge in [-0.05, 0) is 19.1 Å². The van der Waals surface area contributed by atoms with Gasteiger partial charge in [0.05, 0.1) is 9.90 Å². The quantitative estimate of drug-likeness (QED) is 0.645. The molecule has 0 radical (unpaired) electrons. The summed E-state index contributed by atoms with van der Waals surface area (Å²) in [4.78, 5) is 0. The largest absolute Gasteiger partial charge is 0.507 e. The summed E-state index contributed by atoms with van der Waals surface area (Å²) in [5, 5.41) is 17.9. The first-order chi connectivity index (χ1) is 5.55. The molecule has 0 aromatic heterocycles. The summed E-state index contributed by atoms with van der Waals surface area (Å²) < 4.78 is -0.278. The molecule has 0 aliphatic heterocycles. The molecule has 0 heterocycles. The van der Waals surface area contributed by atoms with Crippen LogP contribution in [0.1, 0.15) is 6.92 Å². The molecule has 12 heavy (non-hydrogen) atoms. The lowest BCUT2D eigenvalue weighted by atomic mass is 10.1. The van der Waals surface area contributed by atoms with E-state index >= 15 is 0 Å². The second kappa shape index (κ2) is 3.16. The molecule has 1 unspecified atom stereocenters. The summed E-state index contributed by atoms with van der Waals surface area (Å²) in [6, 6.07) is 1.90. The number of aliphatic hydroxyl groups is 1. The average molecular weight is 226 g/mol. The Morgan fingerprint density at radius 3 is 2.67 bits per heavy atom. The van der Waals surface area contributed by atoms with Crippen LogP contribution >= 0.6 is 15.9 Å². The maximum absolute atomic E-state index is 9.28. The lowest BCUT2D eigenvalue weighted by Crippen LogP contribution is -2.05. The summed E-state index contributed by atoms with van der Waals surface area (Å²) in [7, 11) is 0. The van der Waals surface area contributed by atoms with E-state index in [1.807, 2.05) is 19.1 Å². The van der Waals surface area contributed by atoms with E-state index in [0.29, 0.717) is 0 Å². The number of hydrogen-bond donors (Lipinski definition) is 1. The van der Waals surface area contributed by atoms with E-state index in [9.17, 15) is 5.11 Å². The maximum atomic E-state index is 9.28. The van der Waals surface area contributed by atoms with Crippen molar-refractivity contribution in [2.45, 2.75) is 11.2 Å². The Morgan fingerprint density at radius 2 is 2.08 bits per heavy atom. The molecule has 0 fully saturated rings. The zero-order chi connectivity index (χ0) is 9.19. The van der Waals surface area contributed by atoms with Gasteiger partial charge < -0.3 is 5.11 Å². The van der Waals surface area contributed by atoms with E-state index in [1.54, 1.807) is 12.2 Å². The van der Waals surface area contributed by atoms with Gasteiger partial charge in [0.15, 0.2) is 0 Å². The highest BCUT2D eigenvalue weighted by Crippen LogP contribution is 2.25. The third-order valence-electron chi connectivity index (χ3n) is 1.54. The first-order valence-electron chi connectivity index (χ1n) is 3.46. The highest BCUT2D eigenvalue weighted by Gasteiger charge is 2.15. The van der Waals surface area contributed by atoms with Crippen LogP contribution in [0.25, 0.3) is 0 Å².